The summed E-state index contributed by atoms with van der Waals surface area (Å²) in [5.74, 6) is 0.793. The topological polar surface area (TPSA) is 60.2 Å². The molecule has 18 heavy (non-hydrogen) atoms. The van der Waals surface area contributed by atoms with Crippen LogP contribution in [-0.4, -0.2) is 19.9 Å². The van der Waals surface area contributed by atoms with E-state index in [1.807, 2.05) is 30.3 Å². The molecule has 2 atom stereocenters. The second-order valence-corrected chi connectivity index (χ2v) is 7.27. The summed E-state index contributed by atoms with van der Waals surface area (Å²) in [4.78, 5) is 0. The zero-order valence-corrected chi connectivity index (χ0v) is 12.0. The molecule has 0 aliphatic rings. The van der Waals surface area contributed by atoms with Crippen molar-refractivity contribution in [2.45, 2.75) is 32.7 Å². The van der Waals surface area contributed by atoms with Crippen molar-refractivity contribution in [2.24, 2.45) is 11.7 Å². The first-order chi connectivity index (χ1) is 8.46. The van der Waals surface area contributed by atoms with Crippen LogP contribution in [0.1, 0.15) is 38.3 Å². The molecule has 0 amide bonds. The van der Waals surface area contributed by atoms with E-state index >= 15 is 0 Å². The van der Waals surface area contributed by atoms with Gasteiger partial charge in [0.15, 0.2) is 0 Å². The Morgan fingerprint density at radius 3 is 2.39 bits per heavy atom. The van der Waals surface area contributed by atoms with E-state index < -0.39 is 9.84 Å². The van der Waals surface area contributed by atoms with E-state index in [1.165, 1.54) is 0 Å². The van der Waals surface area contributed by atoms with Crippen LogP contribution in [0.15, 0.2) is 30.3 Å². The minimum Gasteiger partial charge on any atom is -0.324 e. The number of benzene rings is 1. The van der Waals surface area contributed by atoms with Crippen LogP contribution in [-0.2, 0) is 9.84 Å². The van der Waals surface area contributed by atoms with E-state index in [2.05, 4.69) is 6.92 Å². The third-order valence-corrected chi connectivity index (χ3v) is 5.14. The lowest BCUT2D eigenvalue weighted by Crippen LogP contribution is -2.20. The number of rotatable bonds is 7. The molecule has 0 radical (unpaired) electrons. The highest BCUT2D eigenvalue weighted by atomic mass is 32.2. The SMILES string of the molecule is CCS(=O)(=O)CCCC(C)C(N)c1ccccc1. The van der Waals surface area contributed by atoms with Crippen molar-refractivity contribution < 1.29 is 8.42 Å². The maximum atomic E-state index is 11.4. The molecule has 0 saturated carbocycles. The van der Waals surface area contributed by atoms with Gasteiger partial charge in [0.25, 0.3) is 0 Å². The van der Waals surface area contributed by atoms with Gasteiger partial charge in [0.05, 0.1) is 5.75 Å². The largest absolute Gasteiger partial charge is 0.324 e. The van der Waals surface area contributed by atoms with Gasteiger partial charge in [-0.3, -0.25) is 0 Å². The molecule has 0 aliphatic carbocycles. The van der Waals surface area contributed by atoms with Crippen LogP contribution in [0.5, 0.6) is 0 Å². The lowest BCUT2D eigenvalue weighted by Gasteiger charge is -2.20. The standard InChI is InChI=1S/C14H23NO2S/c1-3-18(16,17)11-7-8-12(2)14(15)13-9-5-4-6-10-13/h4-6,9-10,12,14H,3,7-8,11,15H2,1-2H3. The van der Waals surface area contributed by atoms with Crippen LogP contribution < -0.4 is 5.73 Å². The molecule has 1 aromatic carbocycles. The maximum absolute atomic E-state index is 11.4. The van der Waals surface area contributed by atoms with E-state index in [1.54, 1.807) is 6.92 Å². The zero-order valence-electron chi connectivity index (χ0n) is 11.2. The van der Waals surface area contributed by atoms with Crippen LogP contribution in [0.4, 0.5) is 0 Å². The summed E-state index contributed by atoms with van der Waals surface area (Å²) in [6.07, 6.45) is 1.53. The highest BCUT2D eigenvalue weighted by molar-refractivity contribution is 7.91. The number of hydrogen-bond donors (Lipinski definition) is 1. The van der Waals surface area contributed by atoms with E-state index in [0.29, 0.717) is 12.3 Å². The van der Waals surface area contributed by atoms with Crippen LogP contribution >= 0.6 is 0 Å². The molecule has 0 saturated heterocycles. The first kappa shape index (κ1) is 15.2. The molecule has 0 bridgehead atoms. The van der Waals surface area contributed by atoms with Gasteiger partial charge in [-0.05, 0) is 24.3 Å². The normalized spacial score (nSPS) is 15.3. The third kappa shape index (κ3) is 4.78. The molecule has 0 aliphatic heterocycles. The van der Waals surface area contributed by atoms with Gasteiger partial charge in [0.2, 0.25) is 0 Å². The Morgan fingerprint density at radius 1 is 1.22 bits per heavy atom. The Balaban J connectivity index is 2.44. The molecule has 3 nitrogen and oxygen atoms in total. The summed E-state index contributed by atoms with van der Waals surface area (Å²) in [5.41, 5.74) is 7.29. The maximum Gasteiger partial charge on any atom is 0.150 e. The van der Waals surface area contributed by atoms with Crippen molar-refractivity contribution in [3.8, 4) is 0 Å². The van der Waals surface area contributed by atoms with Crippen LogP contribution in [0.25, 0.3) is 0 Å². The van der Waals surface area contributed by atoms with Gasteiger partial charge < -0.3 is 5.73 Å². The molecule has 1 rings (SSSR count). The Morgan fingerprint density at radius 2 is 1.83 bits per heavy atom. The summed E-state index contributed by atoms with van der Waals surface area (Å²) in [6.45, 7) is 3.77. The molecule has 0 spiro atoms. The fourth-order valence-electron chi connectivity index (χ4n) is 1.95. The van der Waals surface area contributed by atoms with Gasteiger partial charge >= 0.3 is 0 Å². The lowest BCUT2D eigenvalue weighted by atomic mass is 9.92. The monoisotopic (exact) mass is 269 g/mol. The Hall–Kier alpha value is -0.870. The van der Waals surface area contributed by atoms with Gasteiger partial charge in [-0.25, -0.2) is 8.42 Å². The molecule has 102 valence electrons. The number of hydrogen-bond acceptors (Lipinski definition) is 3. The van der Waals surface area contributed by atoms with Crippen molar-refractivity contribution in [3.63, 3.8) is 0 Å². The quantitative estimate of drug-likeness (QED) is 0.827. The van der Waals surface area contributed by atoms with Gasteiger partial charge in [-0.2, -0.15) is 0 Å². The van der Waals surface area contributed by atoms with Crippen LogP contribution in [0.3, 0.4) is 0 Å². The van der Waals surface area contributed by atoms with Crippen LogP contribution in [0.2, 0.25) is 0 Å². The molecular formula is C14H23NO2S. The highest BCUT2D eigenvalue weighted by Gasteiger charge is 2.15. The molecule has 0 heterocycles. The average molecular weight is 269 g/mol. The minimum absolute atomic E-state index is 0.0180. The first-order valence-corrected chi connectivity index (χ1v) is 8.29. The fourth-order valence-corrected chi connectivity index (χ4v) is 2.85. The molecule has 2 N–H and O–H groups in total. The third-order valence-electron chi connectivity index (χ3n) is 3.35. The number of nitrogens with two attached hydrogens (primary N) is 1. The van der Waals surface area contributed by atoms with Crippen molar-refractivity contribution >= 4 is 9.84 Å². The Labute approximate surface area is 110 Å². The second-order valence-electron chi connectivity index (χ2n) is 4.79. The lowest BCUT2D eigenvalue weighted by molar-refractivity contribution is 0.433. The van der Waals surface area contributed by atoms with Gasteiger partial charge in [0.1, 0.15) is 9.84 Å². The Bertz CT molecular complexity index is 442. The summed E-state index contributed by atoms with van der Waals surface area (Å²) < 4.78 is 22.8. The first-order valence-electron chi connectivity index (χ1n) is 6.47. The van der Waals surface area contributed by atoms with Crippen molar-refractivity contribution in [3.05, 3.63) is 35.9 Å². The summed E-state index contributed by atoms with van der Waals surface area (Å²) >= 11 is 0. The molecular weight excluding hydrogens is 246 g/mol. The predicted molar refractivity (Wildman–Crippen MR) is 76.1 cm³/mol. The number of sulfone groups is 1. The fraction of sp³-hybridized carbons (Fsp3) is 0.571. The zero-order chi connectivity index (χ0) is 13.6. The summed E-state index contributed by atoms with van der Waals surface area (Å²) in [6, 6.07) is 9.94. The Kier molecular flexibility index (Phi) is 5.82. The van der Waals surface area contributed by atoms with Gasteiger partial charge in [-0.1, -0.05) is 44.2 Å². The summed E-state index contributed by atoms with van der Waals surface area (Å²) in [7, 11) is -2.85. The van der Waals surface area contributed by atoms with E-state index in [-0.39, 0.29) is 17.5 Å². The van der Waals surface area contributed by atoms with Crippen molar-refractivity contribution in [2.75, 3.05) is 11.5 Å². The molecule has 4 heteroatoms. The van der Waals surface area contributed by atoms with Crippen molar-refractivity contribution in [1.29, 1.82) is 0 Å². The highest BCUT2D eigenvalue weighted by Crippen LogP contribution is 2.23. The van der Waals surface area contributed by atoms with E-state index in [0.717, 1.165) is 12.0 Å². The average Bonchev–Trinajstić information content (AvgIpc) is 2.38. The van der Waals surface area contributed by atoms with Gasteiger partial charge in [0, 0.05) is 11.8 Å². The molecule has 1 aromatic rings. The van der Waals surface area contributed by atoms with Crippen LogP contribution in [0, 0.1) is 5.92 Å². The smallest absolute Gasteiger partial charge is 0.150 e. The second kappa shape index (κ2) is 6.90. The minimum atomic E-state index is -2.85. The molecule has 0 fully saturated rings. The predicted octanol–water partition coefficient (Wildman–Crippen LogP) is 2.54. The molecule has 2 unspecified atom stereocenters. The molecule has 0 aromatic heterocycles. The van der Waals surface area contributed by atoms with E-state index in [9.17, 15) is 8.42 Å². The van der Waals surface area contributed by atoms with E-state index in [4.69, 9.17) is 5.73 Å². The van der Waals surface area contributed by atoms with Crippen molar-refractivity contribution in [1.82, 2.24) is 0 Å². The summed E-state index contributed by atoms with van der Waals surface area (Å²) in [5, 5.41) is 0. The van der Waals surface area contributed by atoms with Gasteiger partial charge in [-0.15, -0.1) is 0 Å².